The summed E-state index contributed by atoms with van der Waals surface area (Å²) in [6.45, 7) is 0. The Morgan fingerprint density at radius 3 is 2.27 bits per heavy atom. The van der Waals surface area contributed by atoms with Crippen LogP contribution in [0.5, 0.6) is 11.5 Å². The fourth-order valence-corrected chi connectivity index (χ4v) is 1.69. The molecule has 0 unspecified atom stereocenters. The van der Waals surface area contributed by atoms with Crippen LogP contribution >= 0.6 is 15.9 Å². The molecule has 0 bridgehead atoms. The number of hydrogen-bond acceptors (Lipinski definition) is 4. The molecule has 0 aliphatic carbocycles. The van der Waals surface area contributed by atoms with E-state index in [-0.39, 0.29) is 5.56 Å². The molecule has 0 aliphatic heterocycles. The summed E-state index contributed by atoms with van der Waals surface area (Å²) < 4.78 is 10.0. The summed E-state index contributed by atoms with van der Waals surface area (Å²) in [6.07, 6.45) is 0. The van der Waals surface area contributed by atoms with Crippen molar-refractivity contribution >= 4 is 21.9 Å². The van der Waals surface area contributed by atoms with E-state index in [2.05, 4.69) is 15.9 Å². The standard InChI is InChI=1S/C10H11BrO4/c1-14-8-3-6(5-11)7(10(12)13)4-9(8)15-2/h3-4H,5H2,1-2H3,(H,12,13)/p-1. The predicted molar refractivity (Wildman–Crippen MR) is 56.5 cm³/mol. The van der Waals surface area contributed by atoms with E-state index in [1.165, 1.54) is 20.3 Å². The molecule has 0 radical (unpaired) electrons. The summed E-state index contributed by atoms with van der Waals surface area (Å²) in [4.78, 5) is 10.8. The van der Waals surface area contributed by atoms with Crippen LogP contribution in [-0.2, 0) is 5.33 Å². The molecule has 0 amide bonds. The van der Waals surface area contributed by atoms with Crippen molar-refractivity contribution < 1.29 is 19.4 Å². The number of halogens is 1. The van der Waals surface area contributed by atoms with E-state index in [0.29, 0.717) is 22.4 Å². The van der Waals surface area contributed by atoms with Gasteiger partial charge in [-0.05, 0) is 17.7 Å². The number of alkyl halides is 1. The molecule has 1 rings (SSSR count). The minimum Gasteiger partial charge on any atom is -0.545 e. The van der Waals surface area contributed by atoms with E-state index in [4.69, 9.17) is 9.47 Å². The highest BCUT2D eigenvalue weighted by molar-refractivity contribution is 9.08. The lowest BCUT2D eigenvalue weighted by Crippen LogP contribution is -2.23. The van der Waals surface area contributed by atoms with Crippen LogP contribution in [0.25, 0.3) is 0 Å². The van der Waals surface area contributed by atoms with Crippen molar-refractivity contribution in [2.45, 2.75) is 5.33 Å². The molecule has 82 valence electrons. The van der Waals surface area contributed by atoms with Crippen molar-refractivity contribution in [2.24, 2.45) is 0 Å². The van der Waals surface area contributed by atoms with Gasteiger partial charge in [-0.1, -0.05) is 15.9 Å². The maximum absolute atomic E-state index is 10.8. The molecule has 4 nitrogen and oxygen atoms in total. The largest absolute Gasteiger partial charge is 0.545 e. The first-order chi connectivity index (χ1) is 7.13. The van der Waals surface area contributed by atoms with E-state index in [0.717, 1.165) is 0 Å². The number of aromatic carboxylic acids is 1. The topological polar surface area (TPSA) is 58.6 Å². The third kappa shape index (κ3) is 2.41. The van der Waals surface area contributed by atoms with Gasteiger partial charge in [-0.15, -0.1) is 0 Å². The van der Waals surface area contributed by atoms with Crippen molar-refractivity contribution in [1.82, 2.24) is 0 Å². The Morgan fingerprint density at radius 1 is 1.33 bits per heavy atom. The summed E-state index contributed by atoms with van der Waals surface area (Å²) >= 11 is 3.20. The minimum atomic E-state index is -1.23. The zero-order chi connectivity index (χ0) is 11.4. The number of carboxylic acids is 1. The molecule has 0 heterocycles. The summed E-state index contributed by atoms with van der Waals surface area (Å²) in [5.41, 5.74) is 0.692. The van der Waals surface area contributed by atoms with Gasteiger partial charge in [0.05, 0.1) is 20.2 Å². The molecule has 1 aromatic carbocycles. The third-order valence-corrected chi connectivity index (χ3v) is 2.58. The quantitative estimate of drug-likeness (QED) is 0.767. The van der Waals surface area contributed by atoms with Crippen molar-refractivity contribution in [1.29, 1.82) is 0 Å². The Morgan fingerprint density at radius 2 is 1.87 bits per heavy atom. The Bertz CT molecular complexity index is 376. The molecule has 15 heavy (non-hydrogen) atoms. The molecule has 5 heteroatoms. The summed E-state index contributed by atoms with van der Waals surface area (Å²) in [7, 11) is 2.94. The molecule has 0 N–H and O–H groups in total. The molecule has 0 aromatic heterocycles. The van der Waals surface area contributed by atoms with Crippen molar-refractivity contribution in [3.63, 3.8) is 0 Å². The van der Waals surface area contributed by atoms with E-state index in [9.17, 15) is 9.90 Å². The van der Waals surface area contributed by atoms with Gasteiger partial charge < -0.3 is 19.4 Å². The van der Waals surface area contributed by atoms with E-state index >= 15 is 0 Å². The van der Waals surface area contributed by atoms with Crippen LogP contribution in [0.1, 0.15) is 15.9 Å². The summed E-state index contributed by atoms with van der Waals surface area (Å²) in [5, 5.41) is 11.2. The number of methoxy groups -OCH3 is 2. The molecule has 0 fully saturated rings. The second-order valence-electron chi connectivity index (χ2n) is 2.79. The fraction of sp³-hybridized carbons (Fsp3) is 0.300. The monoisotopic (exact) mass is 273 g/mol. The van der Waals surface area contributed by atoms with E-state index in [1.807, 2.05) is 0 Å². The molecular formula is C10H10BrO4-. The van der Waals surface area contributed by atoms with Crippen molar-refractivity contribution in [3.8, 4) is 11.5 Å². The average Bonchev–Trinajstić information content (AvgIpc) is 2.26. The van der Waals surface area contributed by atoms with Gasteiger partial charge >= 0.3 is 0 Å². The Labute approximate surface area is 95.9 Å². The van der Waals surface area contributed by atoms with Crippen LogP contribution < -0.4 is 14.6 Å². The lowest BCUT2D eigenvalue weighted by atomic mass is 10.1. The van der Waals surface area contributed by atoms with Crippen LogP contribution in [0.15, 0.2) is 12.1 Å². The number of rotatable bonds is 4. The number of carbonyl (C=O) groups excluding carboxylic acids is 1. The van der Waals surface area contributed by atoms with Gasteiger partial charge in [0.2, 0.25) is 0 Å². The number of carbonyl (C=O) groups is 1. The lowest BCUT2D eigenvalue weighted by Gasteiger charge is -2.13. The highest BCUT2D eigenvalue weighted by Gasteiger charge is 2.10. The van der Waals surface area contributed by atoms with Crippen LogP contribution in [0.2, 0.25) is 0 Å². The number of hydrogen-bond donors (Lipinski definition) is 0. The first kappa shape index (κ1) is 11.8. The van der Waals surface area contributed by atoms with Crippen LogP contribution in [0.4, 0.5) is 0 Å². The van der Waals surface area contributed by atoms with Gasteiger partial charge in [-0.25, -0.2) is 0 Å². The first-order valence-corrected chi connectivity index (χ1v) is 5.28. The summed E-state index contributed by atoms with van der Waals surface area (Å²) in [6, 6.07) is 3.00. The van der Waals surface area contributed by atoms with Crippen LogP contribution in [0, 0.1) is 0 Å². The lowest BCUT2D eigenvalue weighted by molar-refractivity contribution is -0.255. The maximum atomic E-state index is 10.8. The molecule has 0 saturated heterocycles. The smallest absolute Gasteiger partial charge is 0.161 e. The minimum absolute atomic E-state index is 0.101. The molecule has 0 atom stereocenters. The Balaban J connectivity index is 3.34. The number of benzene rings is 1. The zero-order valence-corrected chi connectivity index (χ0v) is 9.96. The second-order valence-corrected chi connectivity index (χ2v) is 3.35. The normalized spacial score (nSPS) is 9.80. The fourth-order valence-electron chi connectivity index (χ4n) is 1.22. The van der Waals surface area contributed by atoms with Gasteiger partial charge in [0.15, 0.2) is 11.5 Å². The highest BCUT2D eigenvalue weighted by Crippen LogP contribution is 2.31. The van der Waals surface area contributed by atoms with E-state index < -0.39 is 5.97 Å². The maximum Gasteiger partial charge on any atom is 0.161 e. The highest BCUT2D eigenvalue weighted by atomic mass is 79.9. The SMILES string of the molecule is COc1cc(CBr)c(C(=O)[O-])cc1OC. The molecule has 0 aliphatic rings. The van der Waals surface area contributed by atoms with Gasteiger partial charge in [0.1, 0.15) is 0 Å². The van der Waals surface area contributed by atoms with Crippen LogP contribution in [0.3, 0.4) is 0 Å². The Kier molecular flexibility index (Phi) is 3.96. The summed E-state index contributed by atoms with van der Waals surface area (Å²) in [5.74, 6) is -0.358. The van der Waals surface area contributed by atoms with Crippen molar-refractivity contribution in [3.05, 3.63) is 23.3 Å². The number of carboxylic acid groups (broad SMARTS) is 1. The third-order valence-electron chi connectivity index (χ3n) is 1.97. The van der Waals surface area contributed by atoms with Gasteiger partial charge in [-0.3, -0.25) is 0 Å². The second kappa shape index (κ2) is 5.02. The van der Waals surface area contributed by atoms with Crippen LogP contribution in [-0.4, -0.2) is 20.2 Å². The van der Waals surface area contributed by atoms with E-state index in [1.54, 1.807) is 6.07 Å². The Hall–Kier alpha value is -1.23. The predicted octanol–water partition coefficient (Wildman–Crippen LogP) is 0.962. The average molecular weight is 274 g/mol. The number of ether oxygens (including phenoxy) is 2. The zero-order valence-electron chi connectivity index (χ0n) is 8.37. The molecular weight excluding hydrogens is 264 g/mol. The first-order valence-electron chi connectivity index (χ1n) is 4.16. The van der Waals surface area contributed by atoms with Gasteiger partial charge in [0, 0.05) is 10.9 Å². The van der Waals surface area contributed by atoms with Gasteiger partial charge in [0.25, 0.3) is 0 Å². The van der Waals surface area contributed by atoms with Crippen molar-refractivity contribution in [2.75, 3.05) is 14.2 Å². The molecule has 0 saturated carbocycles. The van der Waals surface area contributed by atoms with Gasteiger partial charge in [-0.2, -0.15) is 0 Å². The molecule has 1 aromatic rings. The molecule has 0 spiro atoms.